The van der Waals surface area contributed by atoms with Crippen LogP contribution in [0.25, 0.3) is 0 Å². The van der Waals surface area contributed by atoms with Gasteiger partial charge in [0, 0.05) is 23.4 Å². The Bertz CT molecular complexity index is 501. The maximum Gasteiger partial charge on any atom is 0.242 e. The van der Waals surface area contributed by atoms with Gasteiger partial charge in [0.2, 0.25) is 10.0 Å². The number of aromatic nitrogens is 1. The van der Waals surface area contributed by atoms with Crippen LogP contribution in [-0.2, 0) is 10.0 Å². The summed E-state index contributed by atoms with van der Waals surface area (Å²) in [6.07, 6.45) is 5.08. The maximum absolute atomic E-state index is 12.0. The van der Waals surface area contributed by atoms with Crippen LogP contribution >= 0.6 is 15.9 Å². The summed E-state index contributed by atoms with van der Waals surface area (Å²) in [7, 11) is -3.45. The van der Waals surface area contributed by atoms with Crippen LogP contribution in [0.5, 0.6) is 0 Å². The largest absolute Gasteiger partial charge is 0.316 e. The normalized spacial score (nSPS) is 20.8. The molecular formula is C11H16BrN3O2S. The average Bonchev–Trinajstić information content (AvgIpc) is 2.38. The van der Waals surface area contributed by atoms with Crippen molar-refractivity contribution in [1.82, 2.24) is 15.0 Å². The molecule has 7 heteroatoms. The lowest BCUT2D eigenvalue weighted by Crippen LogP contribution is -2.38. The summed E-state index contributed by atoms with van der Waals surface area (Å²) in [5.41, 5.74) is 0. The lowest BCUT2D eigenvalue weighted by Gasteiger charge is -2.22. The minimum Gasteiger partial charge on any atom is -0.316 e. The lowest BCUT2D eigenvalue weighted by atomic mass is 10.0. The van der Waals surface area contributed by atoms with Crippen LogP contribution in [-0.4, -0.2) is 33.0 Å². The van der Waals surface area contributed by atoms with E-state index in [4.69, 9.17) is 0 Å². The third-order valence-electron chi connectivity index (χ3n) is 2.95. The number of hydrogen-bond donors (Lipinski definition) is 2. The lowest BCUT2D eigenvalue weighted by molar-refractivity contribution is 0.376. The highest BCUT2D eigenvalue weighted by Gasteiger charge is 2.19. The summed E-state index contributed by atoms with van der Waals surface area (Å²) < 4.78 is 27.4. The highest BCUT2D eigenvalue weighted by molar-refractivity contribution is 9.10. The topological polar surface area (TPSA) is 71.1 Å². The molecule has 1 aliphatic heterocycles. The highest BCUT2D eigenvalue weighted by atomic mass is 79.9. The van der Waals surface area contributed by atoms with Crippen LogP contribution in [0.2, 0.25) is 0 Å². The molecule has 100 valence electrons. The van der Waals surface area contributed by atoms with Crippen LogP contribution < -0.4 is 10.0 Å². The van der Waals surface area contributed by atoms with Gasteiger partial charge in [-0.15, -0.1) is 0 Å². The molecule has 1 fully saturated rings. The Balaban J connectivity index is 1.98. The van der Waals surface area contributed by atoms with Crippen molar-refractivity contribution in [3.8, 4) is 0 Å². The minimum absolute atomic E-state index is 0.195. The molecule has 2 N–H and O–H groups in total. The molecule has 1 atom stereocenters. The molecule has 0 bridgehead atoms. The summed E-state index contributed by atoms with van der Waals surface area (Å²) in [5.74, 6) is 0.369. The SMILES string of the molecule is O=S(=O)(NCC1CCCNC1)c1cncc(Br)c1. The minimum atomic E-state index is -3.45. The Morgan fingerprint density at radius 3 is 3.00 bits per heavy atom. The van der Waals surface area contributed by atoms with E-state index in [-0.39, 0.29) is 4.90 Å². The second-order valence-corrected chi connectivity index (χ2v) is 7.09. The van der Waals surface area contributed by atoms with E-state index in [0.29, 0.717) is 16.9 Å². The van der Waals surface area contributed by atoms with Crippen LogP contribution in [0.1, 0.15) is 12.8 Å². The number of piperidine rings is 1. The van der Waals surface area contributed by atoms with E-state index in [1.165, 1.54) is 6.20 Å². The average molecular weight is 334 g/mol. The molecule has 1 aromatic rings. The van der Waals surface area contributed by atoms with Crippen LogP contribution in [0.4, 0.5) is 0 Å². The van der Waals surface area contributed by atoms with E-state index in [9.17, 15) is 8.42 Å². The molecule has 2 rings (SSSR count). The van der Waals surface area contributed by atoms with Crippen LogP contribution in [0.3, 0.4) is 0 Å². The molecule has 1 unspecified atom stereocenters. The predicted octanol–water partition coefficient (Wildman–Crippen LogP) is 1.12. The smallest absolute Gasteiger partial charge is 0.242 e. The van der Waals surface area contributed by atoms with Gasteiger partial charge in [-0.3, -0.25) is 4.98 Å². The molecule has 0 aliphatic carbocycles. The summed E-state index contributed by atoms with van der Waals surface area (Å²) in [5, 5.41) is 3.27. The second-order valence-electron chi connectivity index (χ2n) is 4.40. The number of nitrogens with zero attached hydrogens (tertiary/aromatic N) is 1. The molecule has 2 heterocycles. The van der Waals surface area contributed by atoms with Crippen LogP contribution in [0.15, 0.2) is 27.8 Å². The standard InChI is InChI=1S/C11H16BrN3O2S/c12-10-4-11(8-14-7-10)18(16,17)15-6-9-2-1-3-13-5-9/h4,7-9,13,15H,1-3,5-6H2. The van der Waals surface area contributed by atoms with E-state index < -0.39 is 10.0 Å². The van der Waals surface area contributed by atoms with Crippen molar-refractivity contribution in [1.29, 1.82) is 0 Å². The summed E-state index contributed by atoms with van der Waals surface area (Å²) in [4.78, 5) is 4.06. The molecule has 0 amide bonds. The van der Waals surface area contributed by atoms with Gasteiger partial charge in [0.15, 0.2) is 0 Å². The zero-order valence-electron chi connectivity index (χ0n) is 9.89. The summed E-state index contributed by atoms with van der Waals surface area (Å²) in [6, 6.07) is 1.55. The molecular weight excluding hydrogens is 318 g/mol. The summed E-state index contributed by atoms with van der Waals surface area (Å²) >= 11 is 3.22. The fraction of sp³-hybridized carbons (Fsp3) is 0.545. The zero-order valence-corrected chi connectivity index (χ0v) is 12.3. The highest BCUT2D eigenvalue weighted by Crippen LogP contribution is 2.15. The molecule has 0 aromatic carbocycles. The first-order valence-corrected chi connectivity index (χ1v) is 8.16. The summed E-state index contributed by atoms with van der Waals surface area (Å²) in [6.45, 7) is 2.37. The Kier molecular flexibility index (Phi) is 4.71. The predicted molar refractivity (Wildman–Crippen MR) is 72.7 cm³/mol. The van der Waals surface area contributed by atoms with E-state index in [0.717, 1.165) is 25.9 Å². The van der Waals surface area contributed by atoms with Crippen molar-refractivity contribution in [2.45, 2.75) is 17.7 Å². The fourth-order valence-electron chi connectivity index (χ4n) is 1.95. The molecule has 1 saturated heterocycles. The molecule has 5 nitrogen and oxygen atoms in total. The first-order valence-electron chi connectivity index (χ1n) is 5.89. The first kappa shape index (κ1) is 13.9. The molecule has 0 spiro atoms. The van der Waals surface area contributed by atoms with Crippen LogP contribution in [0, 0.1) is 5.92 Å². The molecule has 1 aromatic heterocycles. The van der Waals surface area contributed by atoms with E-state index in [1.807, 2.05) is 0 Å². The van der Waals surface area contributed by atoms with E-state index in [2.05, 4.69) is 31.0 Å². The Morgan fingerprint density at radius 2 is 2.33 bits per heavy atom. The third kappa shape index (κ3) is 3.74. The van der Waals surface area contributed by atoms with E-state index in [1.54, 1.807) is 12.3 Å². The zero-order chi connectivity index (χ0) is 13.0. The monoisotopic (exact) mass is 333 g/mol. The van der Waals surface area contributed by atoms with Gasteiger partial charge in [-0.2, -0.15) is 0 Å². The third-order valence-corrected chi connectivity index (χ3v) is 4.78. The van der Waals surface area contributed by atoms with Crippen molar-refractivity contribution < 1.29 is 8.42 Å². The Labute approximate surface area is 116 Å². The van der Waals surface area contributed by atoms with E-state index >= 15 is 0 Å². The quantitative estimate of drug-likeness (QED) is 0.866. The number of pyridine rings is 1. The van der Waals surface area contributed by atoms with Gasteiger partial charge in [-0.1, -0.05) is 0 Å². The van der Waals surface area contributed by atoms with Crippen molar-refractivity contribution in [2.24, 2.45) is 5.92 Å². The fourth-order valence-corrected chi connectivity index (χ4v) is 3.57. The molecule has 1 aliphatic rings. The van der Waals surface area contributed by atoms with Gasteiger partial charge in [-0.25, -0.2) is 13.1 Å². The van der Waals surface area contributed by atoms with Crippen molar-refractivity contribution in [3.05, 3.63) is 22.9 Å². The number of nitrogens with one attached hydrogen (secondary N) is 2. The first-order chi connectivity index (χ1) is 8.58. The van der Waals surface area contributed by atoms with Gasteiger partial charge < -0.3 is 5.32 Å². The van der Waals surface area contributed by atoms with Crippen molar-refractivity contribution in [3.63, 3.8) is 0 Å². The maximum atomic E-state index is 12.0. The number of hydrogen-bond acceptors (Lipinski definition) is 4. The Hall–Kier alpha value is -0.500. The van der Waals surface area contributed by atoms with Crippen molar-refractivity contribution in [2.75, 3.05) is 19.6 Å². The number of rotatable bonds is 4. The number of sulfonamides is 1. The van der Waals surface area contributed by atoms with Gasteiger partial charge in [0.25, 0.3) is 0 Å². The molecule has 0 radical (unpaired) electrons. The van der Waals surface area contributed by atoms with Gasteiger partial charge >= 0.3 is 0 Å². The van der Waals surface area contributed by atoms with Gasteiger partial charge in [0.1, 0.15) is 4.90 Å². The van der Waals surface area contributed by atoms with Gasteiger partial charge in [-0.05, 0) is 53.8 Å². The van der Waals surface area contributed by atoms with Crippen molar-refractivity contribution >= 4 is 26.0 Å². The second kappa shape index (κ2) is 6.10. The Morgan fingerprint density at radius 1 is 1.50 bits per heavy atom. The number of halogens is 1. The molecule has 0 saturated carbocycles. The van der Waals surface area contributed by atoms with Gasteiger partial charge in [0.05, 0.1) is 0 Å². The molecule has 18 heavy (non-hydrogen) atoms.